The highest BCUT2D eigenvalue weighted by Gasteiger charge is 2.39. The average Bonchev–Trinajstić information content (AvgIpc) is 3.55. The molecule has 4 aliphatic rings. The molecule has 10 rings (SSSR count). The number of aryl methyl sites for hydroxylation is 1. The molecule has 0 N–H and O–H groups in total. The SMILES string of the molecule is Cc1ccc2sc3c(c2c1)C(C)(C)c1cc(-c2ccc4c5c2C=CC2=CC=C(c6ccc7ccccc7c6)C(=CC4)C25)ccc1-3. The highest BCUT2D eigenvalue weighted by molar-refractivity contribution is 7.22. The van der Waals surface area contributed by atoms with Gasteiger partial charge in [0.1, 0.15) is 0 Å². The summed E-state index contributed by atoms with van der Waals surface area (Å²) in [7, 11) is 0. The fourth-order valence-corrected chi connectivity index (χ4v) is 10.0. The summed E-state index contributed by atoms with van der Waals surface area (Å²) in [5.74, 6) is 0.285. The molecule has 0 spiro atoms. The van der Waals surface area contributed by atoms with Crippen molar-refractivity contribution < 1.29 is 0 Å². The first-order valence-corrected chi connectivity index (χ1v) is 16.9. The maximum atomic E-state index is 2.50. The van der Waals surface area contributed by atoms with Gasteiger partial charge in [-0.3, -0.25) is 0 Å². The third kappa shape index (κ3) is 3.48. The topological polar surface area (TPSA) is 0 Å². The van der Waals surface area contributed by atoms with Crippen molar-refractivity contribution in [1.82, 2.24) is 0 Å². The third-order valence-corrected chi connectivity index (χ3v) is 12.0. The average molecular weight is 593 g/mol. The molecule has 0 amide bonds. The normalized spacial score (nSPS) is 18.3. The van der Waals surface area contributed by atoms with E-state index in [9.17, 15) is 0 Å². The molecule has 45 heavy (non-hydrogen) atoms. The van der Waals surface area contributed by atoms with Crippen LogP contribution in [-0.4, -0.2) is 0 Å². The predicted molar refractivity (Wildman–Crippen MR) is 193 cm³/mol. The van der Waals surface area contributed by atoms with Crippen LogP contribution in [0.15, 0.2) is 126 Å². The number of rotatable bonds is 2. The molecule has 5 aromatic carbocycles. The Bertz CT molecular complexity index is 2430. The molecule has 0 saturated carbocycles. The Morgan fingerprint density at radius 2 is 1.60 bits per heavy atom. The summed E-state index contributed by atoms with van der Waals surface area (Å²) in [4.78, 5) is 1.45. The van der Waals surface area contributed by atoms with E-state index >= 15 is 0 Å². The highest BCUT2D eigenvalue weighted by Crippen LogP contribution is 2.57. The first kappa shape index (κ1) is 25.6. The predicted octanol–water partition coefficient (Wildman–Crippen LogP) is 12.0. The zero-order valence-corrected chi connectivity index (χ0v) is 26.6. The highest BCUT2D eigenvalue weighted by atomic mass is 32.1. The number of benzene rings is 5. The van der Waals surface area contributed by atoms with E-state index in [0.29, 0.717) is 0 Å². The van der Waals surface area contributed by atoms with Crippen LogP contribution in [0.25, 0.3) is 54.1 Å². The maximum Gasteiger partial charge on any atom is 0.0399 e. The Balaban J connectivity index is 1.09. The summed E-state index contributed by atoms with van der Waals surface area (Å²) in [6, 6.07) is 34.6. The van der Waals surface area contributed by atoms with Gasteiger partial charge < -0.3 is 0 Å². The summed E-state index contributed by atoms with van der Waals surface area (Å²) >= 11 is 1.96. The van der Waals surface area contributed by atoms with Crippen molar-refractivity contribution in [3.8, 4) is 21.6 Å². The minimum Gasteiger partial charge on any atom is -0.135 e. The van der Waals surface area contributed by atoms with Crippen LogP contribution in [0.3, 0.4) is 0 Å². The van der Waals surface area contributed by atoms with E-state index in [1.54, 1.807) is 0 Å². The monoisotopic (exact) mass is 592 g/mol. The molecule has 0 saturated heterocycles. The second-order valence-corrected chi connectivity index (χ2v) is 14.8. The molecule has 0 aliphatic heterocycles. The first-order chi connectivity index (χ1) is 22.0. The summed E-state index contributed by atoms with van der Waals surface area (Å²) < 4.78 is 1.40. The van der Waals surface area contributed by atoms with Gasteiger partial charge in [0.25, 0.3) is 0 Å². The van der Waals surface area contributed by atoms with Crippen LogP contribution in [0.5, 0.6) is 0 Å². The lowest BCUT2D eigenvalue weighted by atomic mass is 9.67. The van der Waals surface area contributed by atoms with Gasteiger partial charge in [-0.2, -0.15) is 0 Å². The summed E-state index contributed by atoms with van der Waals surface area (Å²) in [5.41, 5.74) is 18.2. The van der Waals surface area contributed by atoms with Crippen molar-refractivity contribution >= 4 is 43.8 Å². The van der Waals surface area contributed by atoms with Gasteiger partial charge in [-0.15, -0.1) is 11.3 Å². The molecule has 1 atom stereocenters. The minimum absolute atomic E-state index is 0.0390. The molecule has 1 unspecified atom stereocenters. The molecule has 6 aromatic rings. The smallest absolute Gasteiger partial charge is 0.0399 e. The minimum atomic E-state index is -0.0390. The Kier molecular flexibility index (Phi) is 5.08. The molecule has 0 bridgehead atoms. The molecule has 1 aromatic heterocycles. The fourth-order valence-electron chi connectivity index (χ4n) is 8.64. The molecule has 214 valence electrons. The van der Waals surface area contributed by atoms with Crippen molar-refractivity contribution in [2.75, 3.05) is 0 Å². The molecule has 1 heteroatoms. The largest absolute Gasteiger partial charge is 0.135 e. The quantitative estimate of drug-likeness (QED) is 0.188. The van der Waals surface area contributed by atoms with Gasteiger partial charge >= 0.3 is 0 Å². The van der Waals surface area contributed by atoms with E-state index in [0.717, 1.165) is 6.42 Å². The van der Waals surface area contributed by atoms with Gasteiger partial charge in [-0.05, 0) is 114 Å². The lowest BCUT2D eigenvalue weighted by Crippen LogP contribution is -2.20. The van der Waals surface area contributed by atoms with E-state index in [1.165, 1.54) is 98.1 Å². The zero-order chi connectivity index (χ0) is 30.0. The molecule has 0 fully saturated rings. The van der Waals surface area contributed by atoms with Crippen LogP contribution in [0.1, 0.15) is 58.7 Å². The van der Waals surface area contributed by atoms with Crippen LogP contribution >= 0.6 is 11.3 Å². The summed E-state index contributed by atoms with van der Waals surface area (Å²) in [6.07, 6.45) is 12.9. The molecular weight excluding hydrogens is 561 g/mol. The maximum absolute atomic E-state index is 2.50. The number of allylic oxidation sites excluding steroid dienone is 7. The van der Waals surface area contributed by atoms with Crippen LogP contribution in [0.4, 0.5) is 0 Å². The molecular formula is C44H32S. The first-order valence-electron chi connectivity index (χ1n) is 16.1. The van der Waals surface area contributed by atoms with Crippen molar-refractivity contribution in [2.24, 2.45) is 0 Å². The summed E-state index contributed by atoms with van der Waals surface area (Å²) in [6.45, 7) is 7.05. The number of thiophene rings is 1. The van der Waals surface area contributed by atoms with Crippen molar-refractivity contribution in [3.63, 3.8) is 0 Å². The second-order valence-electron chi connectivity index (χ2n) is 13.7. The van der Waals surface area contributed by atoms with Gasteiger partial charge in [0.15, 0.2) is 0 Å². The fraction of sp³-hybridized carbons (Fsp3) is 0.136. The Morgan fingerprint density at radius 1 is 0.756 bits per heavy atom. The van der Waals surface area contributed by atoms with E-state index in [1.807, 2.05) is 11.3 Å². The lowest BCUT2D eigenvalue weighted by Gasteiger charge is -2.36. The summed E-state index contributed by atoms with van der Waals surface area (Å²) in [5, 5.41) is 4.02. The second kappa shape index (κ2) is 8.93. The van der Waals surface area contributed by atoms with E-state index in [2.05, 4.69) is 142 Å². The van der Waals surface area contributed by atoms with Gasteiger partial charge in [-0.1, -0.05) is 123 Å². The van der Waals surface area contributed by atoms with Gasteiger partial charge in [0, 0.05) is 20.9 Å². The van der Waals surface area contributed by atoms with Crippen LogP contribution in [-0.2, 0) is 11.8 Å². The zero-order valence-electron chi connectivity index (χ0n) is 25.7. The van der Waals surface area contributed by atoms with Crippen molar-refractivity contribution in [2.45, 2.75) is 38.5 Å². The molecule has 4 aliphatic carbocycles. The van der Waals surface area contributed by atoms with E-state index in [-0.39, 0.29) is 11.3 Å². The van der Waals surface area contributed by atoms with Gasteiger partial charge in [-0.25, -0.2) is 0 Å². The van der Waals surface area contributed by atoms with Crippen LogP contribution in [0, 0.1) is 6.92 Å². The third-order valence-electron chi connectivity index (χ3n) is 10.8. The Labute approximate surface area is 268 Å². The number of hydrogen-bond acceptors (Lipinski definition) is 1. The standard InChI is InChI=1S/C44H32S/c1-25-8-21-39-37(22-25)42-43(45-39)36-20-15-31(24-38(36)44(42,2)3)33-17-12-28-13-18-34-32(16-11-27-14-19-35(33)41(28)40(27)34)30-10-9-26-6-4-5-7-29(26)23-30/h4-12,14-24,40H,13H2,1-3H3. The Hall–Kier alpha value is -4.72. The van der Waals surface area contributed by atoms with Gasteiger partial charge in [0.05, 0.1) is 0 Å². The molecule has 0 radical (unpaired) electrons. The van der Waals surface area contributed by atoms with Gasteiger partial charge in [0.2, 0.25) is 0 Å². The Morgan fingerprint density at radius 3 is 2.51 bits per heavy atom. The number of hydrogen-bond donors (Lipinski definition) is 0. The van der Waals surface area contributed by atoms with Crippen LogP contribution in [0.2, 0.25) is 0 Å². The van der Waals surface area contributed by atoms with Crippen molar-refractivity contribution in [1.29, 1.82) is 0 Å². The molecule has 0 nitrogen and oxygen atoms in total. The van der Waals surface area contributed by atoms with Crippen LogP contribution < -0.4 is 0 Å². The van der Waals surface area contributed by atoms with E-state index in [4.69, 9.17) is 0 Å². The molecule has 1 heterocycles. The van der Waals surface area contributed by atoms with Crippen molar-refractivity contribution in [3.05, 3.63) is 165 Å². The number of fused-ring (bicyclic) bond motifs is 6. The lowest BCUT2D eigenvalue weighted by molar-refractivity contribution is 0.667. The van der Waals surface area contributed by atoms with E-state index < -0.39 is 0 Å².